The zero-order valence-electron chi connectivity index (χ0n) is 8.99. The van der Waals surface area contributed by atoms with Crippen LogP contribution in [0.4, 0.5) is 5.69 Å². The van der Waals surface area contributed by atoms with Gasteiger partial charge in [0.15, 0.2) is 0 Å². The Hall–Kier alpha value is -1.44. The third-order valence-corrected chi connectivity index (χ3v) is 2.16. The maximum Gasteiger partial charge on any atom is 0.115 e. The molecule has 0 saturated carbocycles. The third-order valence-electron chi connectivity index (χ3n) is 2.16. The molecular formula is C12H16N2. The van der Waals surface area contributed by atoms with Crippen LogP contribution in [-0.2, 0) is 0 Å². The van der Waals surface area contributed by atoms with Gasteiger partial charge in [0.05, 0.1) is 5.69 Å². The number of aliphatic imine (C=N–C) groups is 2. The topological polar surface area (TPSA) is 24.7 Å². The van der Waals surface area contributed by atoms with Crippen molar-refractivity contribution in [2.45, 2.75) is 26.7 Å². The molecule has 1 aromatic carbocycles. The van der Waals surface area contributed by atoms with E-state index in [4.69, 9.17) is 0 Å². The van der Waals surface area contributed by atoms with Gasteiger partial charge in [0.1, 0.15) is 6.34 Å². The minimum atomic E-state index is 0.479. The van der Waals surface area contributed by atoms with Crippen LogP contribution in [0.5, 0.6) is 0 Å². The Morgan fingerprint density at radius 3 is 2.64 bits per heavy atom. The van der Waals surface area contributed by atoms with Crippen molar-refractivity contribution < 1.29 is 0 Å². The van der Waals surface area contributed by atoms with Crippen molar-refractivity contribution in [3.05, 3.63) is 29.3 Å². The van der Waals surface area contributed by atoms with E-state index in [-0.39, 0.29) is 0 Å². The minimum Gasteiger partial charge on any atom is -0.253 e. The maximum atomic E-state index is 4.29. The number of para-hydroxylation sites is 1. The smallest absolute Gasteiger partial charge is 0.115 e. The quantitative estimate of drug-likeness (QED) is 0.512. The molecule has 0 N–H and O–H groups in total. The normalized spacial score (nSPS) is 11.1. The van der Waals surface area contributed by atoms with E-state index in [2.05, 4.69) is 55.7 Å². The number of nitrogens with zero attached hydrogens (tertiary/aromatic N) is 2. The zero-order chi connectivity index (χ0) is 10.6. The molecule has 0 radical (unpaired) electrons. The molecule has 0 fully saturated rings. The maximum absolute atomic E-state index is 4.29. The summed E-state index contributed by atoms with van der Waals surface area (Å²) in [7, 11) is 0. The predicted molar refractivity (Wildman–Crippen MR) is 63.0 cm³/mol. The molecule has 0 aliphatic heterocycles. The number of hydrogen-bond acceptors (Lipinski definition) is 1. The fourth-order valence-electron chi connectivity index (χ4n) is 1.42. The average molecular weight is 188 g/mol. The van der Waals surface area contributed by atoms with Crippen LogP contribution in [-0.4, -0.2) is 13.1 Å². The first-order chi connectivity index (χ1) is 6.66. The van der Waals surface area contributed by atoms with Gasteiger partial charge in [0.25, 0.3) is 0 Å². The Labute approximate surface area is 85.4 Å². The largest absolute Gasteiger partial charge is 0.253 e. The first-order valence-corrected chi connectivity index (χ1v) is 4.74. The lowest BCUT2D eigenvalue weighted by molar-refractivity contribution is 0.865. The van der Waals surface area contributed by atoms with Gasteiger partial charge in [-0.15, -0.1) is 0 Å². The summed E-state index contributed by atoms with van der Waals surface area (Å²) in [5.41, 5.74) is 3.45. The number of benzene rings is 1. The van der Waals surface area contributed by atoms with Crippen molar-refractivity contribution >= 4 is 18.7 Å². The lowest BCUT2D eigenvalue weighted by Crippen LogP contribution is -1.90. The highest BCUT2D eigenvalue weighted by Gasteiger charge is 2.06. The van der Waals surface area contributed by atoms with Crippen LogP contribution in [0.25, 0.3) is 0 Å². The van der Waals surface area contributed by atoms with Crippen molar-refractivity contribution in [2.24, 2.45) is 9.98 Å². The van der Waals surface area contributed by atoms with Gasteiger partial charge in [-0.2, -0.15) is 0 Å². The number of hydrogen-bond donors (Lipinski definition) is 0. The summed E-state index contributed by atoms with van der Waals surface area (Å²) >= 11 is 0. The van der Waals surface area contributed by atoms with Gasteiger partial charge in [0.2, 0.25) is 0 Å². The van der Waals surface area contributed by atoms with Crippen LogP contribution in [0.15, 0.2) is 28.2 Å². The van der Waals surface area contributed by atoms with Gasteiger partial charge in [-0.05, 0) is 30.7 Å². The van der Waals surface area contributed by atoms with Gasteiger partial charge < -0.3 is 0 Å². The van der Waals surface area contributed by atoms with Gasteiger partial charge in [-0.3, -0.25) is 4.99 Å². The van der Waals surface area contributed by atoms with Crippen LogP contribution < -0.4 is 0 Å². The Kier molecular flexibility index (Phi) is 3.57. The molecule has 14 heavy (non-hydrogen) atoms. The number of aryl methyl sites for hydroxylation is 1. The monoisotopic (exact) mass is 188 g/mol. The molecule has 2 heteroatoms. The van der Waals surface area contributed by atoms with E-state index in [1.54, 1.807) is 0 Å². The second kappa shape index (κ2) is 4.70. The molecule has 0 atom stereocenters. The van der Waals surface area contributed by atoms with Crippen molar-refractivity contribution in [3.8, 4) is 0 Å². The molecule has 0 amide bonds. The van der Waals surface area contributed by atoms with E-state index in [0.717, 1.165) is 5.69 Å². The van der Waals surface area contributed by atoms with E-state index in [1.165, 1.54) is 17.5 Å². The Morgan fingerprint density at radius 2 is 2.07 bits per heavy atom. The summed E-state index contributed by atoms with van der Waals surface area (Å²) in [6.45, 7) is 9.76. The Balaban J connectivity index is 3.21. The first-order valence-electron chi connectivity index (χ1n) is 4.74. The Bertz CT molecular complexity index is 351. The van der Waals surface area contributed by atoms with E-state index in [0.29, 0.717) is 5.92 Å². The summed E-state index contributed by atoms with van der Waals surface area (Å²) in [6.07, 6.45) is 1.49. The molecule has 2 nitrogen and oxygen atoms in total. The van der Waals surface area contributed by atoms with E-state index < -0.39 is 0 Å². The van der Waals surface area contributed by atoms with Crippen molar-refractivity contribution in [1.29, 1.82) is 0 Å². The summed E-state index contributed by atoms with van der Waals surface area (Å²) in [6, 6.07) is 6.22. The standard InChI is InChI=1S/C12H16N2/c1-9(2)11-7-5-6-10(3)12(11)14-8-13-4/h5-9H,4H2,1-3H3. The molecule has 0 aliphatic rings. The van der Waals surface area contributed by atoms with Gasteiger partial charge in [0, 0.05) is 0 Å². The van der Waals surface area contributed by atoms with Crippen LogP contribution in [0.3, 0.4) is 0 Å². The summed E-state index contributed by atoms with van der Waals surface area (Å²) in [5.74, 6) is 0.479. The number of rotatable bonds is 3. The minimum absolute atomic E-state index is 0.479. The molecule has 0 heterocycles. The highest BCUT2D eigenvalue weighted by molar-refractivity contribution is 5.69. The molecule has 0 aromatic heterocycles. The molecule has 0 unspecified atom stereocenters. The van der Waals surface area contributed by atoms with Crippen LogP contribution >= 0.6 is 0 Å². The van der Waals surface area contributed by atoms with Crippen molar-refractivity contribution in [3.63, 3.8) is 0 Å². The van der Waals surface area contributed by atoms with Crippen LogP contribution in [0.1, 0.15) is 30.9 Å². The third kappa shape index (κ3) is 2.28. The van der Waals surface area contributed by atoms with Gasteiger partial charge >= 0.3 is 0 Å². The fourth-order valence-corrected chi connectivity index (χ4v) is 1.42. The lowest BCUT2D eigenvalue weighted by Gasteiger charge is -2.10. The zero-order valence-corrected chi connectivity index (χ0v) is 8.99. The summed E-state index contributed by atoms with van der Waals surface area (Å²) < 4.78 is 0. The molecular weight excluding hydrogens is 172 g/mol. The molecule has 0 saturated heterocycles. The average Bonchev–Trinajstić information content (AvgIpc) is 2.15. The van der Waals surface area contributed by atoms with Crippen LogP contribution in [0.2, 0.25) is 0 Å². The second-order valence-electron chi connectivity index (χ2n) is 3.59. The molecule has 1 rings (SSSR count). The highest BCUT2D eigenvalue weighted by Crippen LogP contribution is 2.29. The lowest BCUT2D eigenvalue weighted by atomic mass is 9.98. The molecule has 74 valence electrons. The van der Waals surface area contributed by atoms with E-state index >= 15 is 0 Å². The van der Waals surface area contributed by atoms with Crippen molar-refractivity contribution in [1.82, 2.24) is 0 Å². The van der Waals surface area contributed by atoms with E-state index in [9.17, 15) is 0 Å². The van der Waals surface area contributed by atoms with Crippen LogP contribution in [0, 0.1) is 6.92 Å². The molecule has 0 bridgehead atoms. The fraction of sp³-hybridized carbons (Fsp3) is 0.333. The van der Waals surface area contributed by atoms with Crippen molar-refractivity contribution in [2.75, 3.05) is 0 Å². The molecule has 0 aliphatic carbocycles. The van der Waals surface area contributed by atoms with Gasteiger partial charge in [-0.1, -0.05) is 32.0 Å². The molecule has 1 aromatic rings. The Morgan fingerprint density at radius 1 is 1.36 bits per heavy atom. The highest BCUT2D eigenvalue weighted by atomic mass is 14.8. The second-order valence-corrected chi connectivity index (χ2v) is 3.59. The summed E-state index contributed by atoms with van der Waals surface area (Å²) in [5, 5.41) is 0. The predicted octanol–water partition coefficient (Wildman–Crippen LogP) is 3.48. The summed E-state index contributed by atoms with van der Waals surface area (Å²) in [4.78, 5) is 7.92. The van der Waals surface area contributed by atoms with Gasteiger partial charge in [-0.25, -0.2) is 4.99 Å². The SMILES string of the molecule is C=NC=Nc1c(C)cccc1C(C)C. The molecule has 0 spiro atoms. The van der Waals surface area contributed by atoms with E-state index in [1.807, 2.05) is 0 Å². The first kappa shape index (κ1) is 10.6.